The maximum Gasteiger partial charge on any atom is 0.340 e. The fourth-order valence-electron chi connectivity index (χ4n) is 2.24. The molecule has 2 aromatic heterocycles. The van der Waals surface area contributed by atoms with Gasteiger partial charge in [0.1, 0.15) is 5.82 Å². The van der Waals surface area contributed by atoms with Crippen LogP contribution in [0.5, 0.6) is 17.2 Å². The summed E-state index contributed by atoms with van der Waals surface area (Å²) in [7, 11) is 4.61. The Morgan fingerprint density at radius 2 is 1.81 bits per heavy atom. The summed E-state index contributed by atoms with van der Waals surface area (Å²) in [6.45, 7) is 0. The van der Waals surface area contributed by atoms with Crippen LogP contribution in [0.2, 0.25) is 0 Å². The van der Waals surface area contributed by atoms with Crippen LogP contribution in [0.4, 0.5) is 0 Å². The lowest BCUT2D eigenvalue weighted by atomic mass is 10.2. The van der Waals surface area contributed by atoms with Crippen LogP contribution in [0.25, 0.3) is 11.5 Å². The standard InChI is InChI=1S/C15H17N5O5S/c1-22-9-4-8(5-10(23-2)13(9)24-3)14-19-18-12(25-14)7-26-6-11-16-15(21)20-17-11/h4-5H,6-7H2,1-3H3,(H2,16,17,20,21). The molecule has 2 heterocycles. The number of aromatic nitrogens is 5. The first kappa shape index (κ1) is 17.9. The Kier molecular flexibility index (Phi) is 5.46. The van der Waals surface area contributed by atoms with Crippen LogP contribution in [-0.2, 0) is 11.5 Å². The van der Waals surface area contributed by atoms with Crippen molar-refractivity contribution in [2.24, 2.45) is 0 Å². The van der Waals surface area contributed by atoms with Crippen molar-refractivity contribution in [2.45, 2.75) is 11.5 Å². The molecule has 26 heavy (non-hydrogen) atoms. The van der Waals surface area contributed by atoms with E-state index in [9.17, 15) is 4.79 Å². The highest BCUT2D eigenvalue weighted by atomic mass is 32.2. The van der Waals surface area contributed by atoms with Crippen LogP contribution in [0.1, 0.15) is 11.7 Å². The monoisotopic (exact) mass is 379 g/mol. The highest BCUT2D eigenvalue weighted by Crippen LogP contribution is 2.40. The molecule has 0 aliphatic heterocycles. The van der Waals surface area contributed by atoms with Crippen molar-refractivity contribution in [1.29, 1.82) is 0 Å². The van der Waals surface area contributed by atoms with E-state index in [1.54, 1.807) is 12.1 Å². The average Bonchev–Trinajstić information content (AvgIpc) is 3.29. The highest BCUT2D eigenvalue weighted by molar-refractivity contribution is 7.97. The molecule has 2 N–H and O–H groups in total. The minimum absolute atomic E-state index is 0.330. The van der Waals surface area contributed by atoms with Crippen molar-refractivity contribution in [3.63, 3.8) is 0 Å². The van der Waals surface area contributed by atoms with Gasteiger partial charge in [0.2, 0.25) is 17.5 Å². The van der Waals surface area contributed by atoms with Crippen LogP contribution < -0.4 is 19.9 Å². The number of nitrogens with zero attached hydrogens (tertiary/aromatic N) is 3. The Labute approximate surface area is 152 Å². The first-order chi connectivity index (χ1) is 12.6. The third kappa shape index (κ3) is 3.82. The molecule has 0 saturated heterocycles. The molecule has 10 nitrogen and oxygen atoms in total. The molecule has 3 aromatic rings. The van der Waals surface area contributed by atoms with Gasteiger partial charge in [-0.15, -0.1) is 22.0 Å². The highest BCUT2D eigenvalue weighted by Gasteiger charge is 2.17. The first-order valence-electron chi connectivity index (χ1n) is 7.48. The lowest BCUT2D eigenvalue weighted by molar-refractivity contribution is 0.324. The van der Waals surface area contributed by atoms with E-state index in [1.807, 2.05) is 0 Å². The van der Waals surface area contributed by atoms with Crippen LogP contribution in [0.15, 0.2) is 21.3 Å². The summed E-state index contributed by atoms with van der Waals surface area (Å²) in [5, 5.41) is 14.2. The number of thioether (sulfide) groups is 1. The number of H-pyrrole nitrogens is 2. The summed E-state index contributed by atoms with van der Waals surface area (Å²) in [4.78, 5) is 13.6. The van der Waals surface area contributed by atoms with E-state index in [0.29, 0.717) is 51.9 Å². The summed E-state index contributed by atoms with van der Waals surface area (Å²) >= 11 is 1.48. The molecular formula is C15H17N5O5S. The quantitative estimate of drug-likeness (QED) is 0.599. The molecule has 0 radical (unpaired) electrons. The third-order valence-electron chi connectivity index (χ3n) is 3.39. The van der Waals surface area contributed by atoms with Crippen molar-refractivity contribution in [2.75, 3.05) is 21.3 Å². The molecule has 0 aliphatic carbocycles. The van der Waals surface area contributed by atoms with Crippen LogP contribution in [-0.4, -0.2) is 46.7 Å². The van der Waals surface area contributed by atoms with Gasteiger partial charge in [0.15, 0.2) is 11.5 Å². The molecular weight excluding hydrogens is 362 g/mol. The van der Waals surface area contributed by atoms with Gasteiger partial charge in [-0.05, 0) is 12.1 Å². The van der Waals surface area contributed by atoms with Crippen LogP contribution >= 0.6 is 11.8 Å². The number of nitrogens with one attached hydrogen (secondary N) is 2. The van der Waals surface area contributed by atoms with E-state index in [-0.39, 0.29) is 5.69 Å². The van der Waals surface area contributed by atoms with E-state index < -0.39 is 0 Å². The minimum atomic E-state index is -0.330. The smallest absolute Gasteiger partial charge is 0.340 e. The van der Waals surface area contributed by atoms with Crippen molar-refractivity contribution in [3.05, 3.63) is 34.3 Å². The summed E-state index contributed by atoms with van der Waals surface area (Å²) in [6.07, 6.45) is 0. The topological polar surface area (TPSA) is 128 Å². The number of aromatic amines is 2. The van der Waals surface area contributed by atoms with Gasteiger partial charge in [0.05, 0.1) is 32.8 Å². The van der Waals surface area contributed by atoms with Gasteiger partial charge in [-0.3, -0.25) is 4.98 Å². The van der Waals surface area contributed by atoms with E-state index in [4.69, 9.17) is 18.6 Å². The molecule has 0 amide bonds. The Morgan fingerprint density at radius 3 is 2.38 bits per heavy atom. The predicted molar refractivity (Wildman–Crippen MR) is 93.6 cm³/mol. The maximum absolute atomic E-state index is 11.0. The second-order valence-corrected chi connectivity index (χ2v) is 6.02. The SMILES string of the molecule is COc1cc(-c2nnc(CSCc3n[nH]c(=O)[nH]3)o2)cc(OC)c1OC. The first-order valence-corrected chi connectivity index (χ1v) is 8.64. The Bertz CT molecular complexity index is 909. The second-order valence-electron chi connectivity index (χ2n) is 5.03. The summed E-state index contributed by atoms with van der Waals surface area (Å²) in [5.74, 6) is 3.83. The van der Waals surface area contributed by atoms with Gasteiger partial charge in [-0.2, -0.15) is 5.10 Å². The number of hydrogen-bond donors (Lipinski definition) is 2. The Hall–Kier alpha value is -2.95. The zero-order valence-corrected chi connectivity index (χ0v) is 15.2. The summed E-state index contributed by atoms with van der Waals surface area (Å²) in [6, 6.07) is 3.47. The van der Waals surface area contributed by atoms with Crippen LogP contribution in [0, 0.1) is 0 Å². The number of benzene rings is 1. The largest absolute Gasteiger partial charge is 0.493 e. The van der Waals surface area contributed by atoms with Gasteiger partial charge >= 0.3 is 5.69 Å². The zero-order valence-electron chi connectivity index (χ0n) is 14.4. The normalized spacial score (nSPS) is 10.7. The second kappa shape index (κ2) is 7.95. The van der Waals surface area contributed by atoms with Crippen molar-refractivity contribution in [3.8, 4) is 28.7 Å². The zero-order chi connectivity index (χ0) is 18.5. The van der Waals surface area contributed by atoms with Gasteiger partial charge < -0.3 is 18.6 Å². The summed E-state index contributed by atoms with van der Waals surface area (Å²) in [5.41, 5.74) is 0.322. The molecule has 3 rings (SSSR count). The molecule has 0 unspecified atom stereocenters. The van der Waals surface area contributed by atoms with Crippen LogP contribution in [0.3, 0.4) is 0 Å². The number of rotatable bonds is 8. The molecule has 138 valence electrons. The van der Waals surface area contributed by atoms with E-state index in [0.717, 1.165) is 0 Å². The van der Waals surface area contributed by atoms with Gasteiger partial charge in [0.25, 0.3) is 0 Å². The number of hydrogen-bond acceptors (Lipinski definition) is 9. The molecule has 1 aromatic carbocycles. The lowest BCUT2D eigenvalue weighted by Gasteiger charge is -2.12. The molecule has 11 heteroatoms. The van der Waals surface area contributed by atoms with Gasteiger partial charge in [-0.25, -0.2) is 9.89 Å². The molecule has 0 bridgehead atoms. The molecule has 0 fully saturated rings. The van der Waals surface area contributed by atoms with Gasteiger partial charge in [-0.1, -0.05) is 0 Å². The van der Waals surface area contributed by atoms with Gasteiger partial charge in [0, 0.05) is 5.56 Å². The molecule has 0 saturated carbocycles. The van der Waals surface area contributed by atoms with Crippen molar-refractivity contribution in [1.82, 2.24) is 25.4 Å². The molecule has 0 spiro atoms. The predicted octanol–water partition coefficient (Wildman–Crippen LogP) is 1.61. The van der Waals surface area contributed by atoms with E-state index in [2.05, 4.69) is 25.4 Å². The fourth-order valence-corrected chi connectivity index (χ4v) is 2.97. The Balaban J connectivity index is 1.73. The number of ether oxygens (including phenoxy) is 3. The third-order valence-corrected chi connectivity index (χ3v) is 4.32. The Morgan fingerprint density at radius 1 is 1.08 bits per heavy atom. The molecule has 0 atom stereocenters. The van der Waals surface area contributed by atoms with E-state index in [1.165, 1.54) is 33.1 Å². The molecule has 0 aliphatic rings. The minimum Gasteiger partial charge on any atom is -0.493 e. The van der Waals surface area contributed by atoms with Crippen molar-refractivity contribution >= 4 is 11.8 Å². The fraction of sp³-hybridized carbons (Fsp3) is 0.333. The summed E-state index contributed by atoms with van der Waals surface area (Å²) < 4.78 is 21.6. The maximum atomic E-state index is 11.0. The average molecular weight is 379 g/mol. The lowest BCUT2D eigenvalue weighted by Crippen LogP contribution is -2.00. The van der Waals surface area contributed by atoms with E-state index >= 15 is 0 Å². The number of methoxy groups -OCH3 is 3. The van der Waals surface area contributed by atoms with Crippen molar-refractivity contribution < 1.29 is 18.6 Å².